The van der Waals surface area contributed by atoms with Crippen LogP contribution in [0.4, 0.5) is 11.4 Å². The Morgan fingerprint density at radius 2 is 2.16 bits per heavy atom. The predicted octanol–water partition coefficient (Wildman–Crippen LogP) is 3.08. The molecule has 0 bridgehead atoms. The average Bonchev–Trinajstić information content (AvgIpc) is 2.37. The topological polar surface area (TPSA) is 38.5 Å². The summed E-state index contributed by atoms with van der Waals surface area (Å²) in [4.78, 5) is 2.42. The Bertz CT molecular complexity index is 404. The maximum Gasteiger partial charge on any atom is 0.0641 e. The lowest BCUT2D eigenvalue weighted by molar-refractivity contribution is 0.129. The van der Waals surface area contributed by atoms with Gasteiger partial charge in [-0.25, -0.2) is 0 Å². The van der Waals surface area contributed by atoms with Gasteiger partial charge in [-0.05, 0) is 48.9 Å². The minimum absolute atomic E-state index is 0.721. The van der Waals surface area contributed by atoms with E-state index in [9.17, 15) is 0 Å². The zero-order chi connectivity index (χ0) is 13.7. The predicted molar refractivity (Wildman–Crippen MR) is 81.7 cm³/mol. The Balaban J connectivity index is 1.82. The summed E-state index contributed by atoms with van der Waals surface area (Å²) in [7, 11) is 0. The van der Waals surface area contributed by atoms with Crippen molar-refractivity contribution in [1.29, 1.82) is 0 Å². The highest BCUT2D eigenvalue weighted by molar-refractivity contribution is 5.61. The van der Waals surface area contributed by atoms with E-state index in [2.05, 4.69) is 30.9 Å². The van der Waals surface area contributed by atoms with Crippen molar-refractivity contribution in [3.05, 3.63) is 23.8 Å². The molecule has 1 aliphatic rings. The third kappa shape index (κ3) is 4.13. The first-order chi connectivity index (χ1) is 9.16. The van der Waals surface area contributed by atoms with Crippen molar-refractivity contribution in [2.75, 3.05) is 36.9 Å². The molecule has 2 N–H and O–H groups in total. The molecule has 0 saturated carbocycles. The van der Waals surface area contributed by atoms with Crippen molar-refractivity contribution >= 4 is 11.4 Å². The fourth-order valence-electron chi connectivity index (χ4n) is 2.52. The highest BCUT2D eigenvalue weighted by Crippen LogP contribution is 2.28. The van der Waals surface area contributed by atoms with Crippen LogP contribution in [-0.4, -0.2) is 26.3 Å². The summed E-state index contributed by atoms with van der Waals surface area (Å²) in [6.07, 6.45) is 3.50. The van der Waals surface area contributed by atoms with E-state index in [-0.39, 0.29) is 0 Å². The molecular weight excluding hydrogens is 236 g/mol. The van der Waals surface area contributed by atoms with E-state index in [1.165, 1.54) is 17.7 Å². The van der Waals surface area contributed by atoms with Crippen LogP contribution in [0, 0.1) is 5.92 Å². The van der Waals surface area contributed by atoms with Crippen LogP contribution in [0.25, 0.3) is 0 Å². The summed E-state index contributed by atoms with van der Waals surface area (Å²) in [6, 6.07) is 6.26. The molecule has 0 fully saturated rings. The van der Waals surface area contributed by atoms with Gasteiger partial charge in [0.05, 0.1) is 6.61 Å². The van der Waals surface area contributed by atoms with Crippen molar-refractivity contribution < 1.29 is 4.74 Å². The maximum absolute atomic E-state index is 5.85. The molecule has 3 nitrogen and oxygen atoms in total. The van der Waals surface area contributed by atoms with E-state index in [1.54, 1.807) is 0 Å². The Morgan fingerprint density at radius 3 is 2.95 bits per heavy atom. The molecule has 1 heterocycles. The number of hydrogen-bond acceptors (Lipinski definition) is 3. The second-order valence-electron chi connectivity index (χ2n) is 5.77. The van der Waals surface area contributed by atoms with Gasteiger partial charge < -0.3 is 15.4 Å². The van der Waals surface area contributed by atoms with Crippen LogP contribution >= 0.6 is 0 Å². The van der Waals surface area contributed by atoms with E-state index in [4.69, 9.17) is 10.5 Å². The normalized spacial score (nSPS) is 14.8. The Morgan fingerprint density at radius 1 is 1.32 bits per heavy atom. The van der Waals surface area contributed by atoms with Gasteiger partial charge in [0.25, 0.3) is 0 Å². The number of aryl methyl sites for hydroxylation is 1. The molecule has 0 saturated heterocycles. The number of hydrogen-bond donors (Lipinski definition) is 1. The first-order valence-electron chi connectivity index (χ1n) is 7.38. The van der Waals surface area contributed by atoms with E-state index in [0.717, 1.165) is 50.8 Å². The third-order valence-electron chi connectivity index (χ3n) is 3.66. The van der Waals surface area contributed by atoms with Gasteiger partial charge in [0.15, 0.2) is 0 Å². The lowest BCUT2D eigenvalue weighted by Crippen LogP contribution is -2.32. The van der Waals surface area contributed by atoms with Gasteiger partial charge in [-0.3, -0.25) is 0 Å². The molecule has 3 heteroatoms. The minimum Gasteiger partial charge on any atom is -0.399 e. The van der Waals surface area contributed by atoms with Gasteiger partial charge in [-0.15, -0.1) is 0 Å². The number of anilines is 2. The van der Waals surface area contributed by atoms with Gasteiger partial charge in [-0.2, -0.15) is 0 Å². The molecule has 1 aliphatic heterocycles. The molecule has 0 amide bonds. The number of rotatable bonds is 6. The molecular formula is C16H26N2O. The minimum atomic E-state index is 0.721. The van der Waals surface area contributed by atoms with E-state index >= 15 is 0 Å². The second-order valence-corrected chi connectivity index (χ2v) is 5.77. The number of nitrogens with two attached hydrogens (primary N) is 1. The van der Waals surface area contributed by atoms with Crippen LogP contribution < -0.4 is 10.6 Å². The van der Waals surface area contributed by atoms with Gasteiger partial charge >= 0.3 is 0 Å². The molecule has 2 rings (SSSR count). The Kier molecular flexibility index (Phi) is 5.08. The molecule has 0 unspecified atom stereocenters. The van der Waals surface area contributed by atoms with Gasteiger partial charge in [0.2, 0.25) is 0 Å². The number of benzene rings is 1. The first-order valence-corrected chi connectivity index (χ1v) is 7.38. The van der Waals surface area contributed by atoms with Crippen molar-refractivity contribution in [3.63, 3.8) is 0 Å². The van der Waals surface area contributed by atoms with E-state index < -0.39 is 0 Å². The molecule has 0 aliphatic carbocycles. The van der Waals surface area contributed by atoms with Crippen molar-refractivity contribution in [1.82, 2.24) is 0 Å². The molecule has 1 aromatic carbocycles. The molecule has 0 spiro atoms. The van der Waals surface area contributed by atoms with Crippen molar-refractivity contribution in [2.45, 2.75) is 33.1 Å². The zero-order valence-electron chi connectivity index (χ0n) is 12.2. The summed E-state index contributed by atoms with van der Waals surface area (Å²) in [5.41, 5.74) is 9.44. The van der Waals surface area contributed by atoms with Crippen molar-refractivity contribution in [3.8, 4) is 0 Å². The summed E-state index contributed by atoms with van der Waals surface area (Å²) in [6.45, 7) is 8.26. The first kappa shape index (κ1) is 14.2. The zero-order valence-corrected chi connectivity index (χ0v) is 12.2. The van der Waals surface area contributed by atoms with Crippen LogP contribution in [0.15, 0.2) is 18.2 Å². The van der Waals surface area contributed by atoms with E-state index in [0.29, 0.717) is 0 Å². The van der Waals surface area contributed by atoms with Crippen LogP contribution in [0.5, 0.6) is 0 Å². The lowest BCUT2D eigenvalue weighted by Gasteiger charge is -2.31. The fraction of sp³-hybridized carbons (Fsp3) is 0.625. The van der Waals surface area contributed by atoms with Crippen LogP contribution in [-0.2, 0) is 11.2 Å². The Hall–Kier alpha value is -1.22. The SMILES string of the molecule is CC(C)CCOCCN1CCCc2cc(N)ccc21. The number of fused-ring (bicyclic) bond motifs is 1. The van der Waals surface area contributed by atoms with Crippen molar-refractivity contribution in [2.24, 2.45) is 5.92 Å². The standard InChI is InChI=1S/C16H26N2O/c1-13(2)7-10-19-11-9-18-8-3-4-14-12-15(17)5-6-16(14)18/h5-6,12-13H,3-4,7-11,17H2,1-2H3. The quantitative estimate of drug-likeness (QED) is 0.632. The molecule has 0 radical (unpaired) electrons. The highest BCUT2D eigenvalue weighted by Gasteiger charge is 2.16. The highest BCUT2D eigenvalue weighted by atomic mass is 16.5. The third-order valence-corrected chi connectivity index (χ3v) is 3.66. The van der Waals surface area contributed by atoms with Gasteiger partial charge in [-0.1, -0.05) is 13.8 Å². The number of nitrogen functional groups attached to an aromatic ring is 1. The van der Waals surface area contributed by atoms with Gasteiger partial charge in [0, 0.05) is 31.1 Å². The van der Waals surface area contributed by atoms with Crippen LogP contribution in [0.3, 0.4) is 0 Å². The average molecular weight is 262 g/mol. The lowest BCUT2D eigenvalue weighted by atomic mass is 10.0. The largest absolute Gasteiger partial charge is 0.399 e. The second kappa shape index (κ2) is 6.80. The van der Waals surface area contributed by atoms with Crippen LogP contribution in [0.1, 0.15) is 32.3 Å². The van der Waals surface area contributed by atoms with E-state index in [1.807, 2.05) is 6.07 Å². The Labute approximate surface area is 116 Å². The summed E-state index contributed by atoms with van der Waals surface area (Å²) >= 11 is 0. The fourth-order valence-corrected chi connectivity index (χ4v) is 2.52. The number of ether oxygens (including phenoxy) is 1. The smallest absolute Gasteiger partial charge is 0.0641 e. The summed E-state index contributed by atoms with van der Waals surface area (Å²) < 4.78 is 5.72. The molecule has 0 aromatic heterocycles. The molecule has 0 atom stereocenters. The monoisotopic (exact) mass is 262 g/mol. The van der Waals surface area contributed by atoms with Gasteiger partial charge in [0.1, 0.15) is 0 Å². The molecule has 19 heavy (non-hydrogen) atoms. The van der Waals surface area contributed by atoms with Crippen LogP contribution in [0.2, 0.25) is 0 Å². The molecule has 106 valence electrons. The molecule has 1 aromatic rings. The number of nitrogens with zero attached hydrogens (tertiary/aromatic N) is 1. The maximum atomic E-state index is 5.85. The summed E-state index contributed by atoms with van der Waals surface area (Å²) in [5, 5.41) is 0. The summed E-state index contributed by atoms with van der Waals surface area (Å²) in [5.74, 6) is 0.721.